The van der Waals surface area contributed by atoms with Gasteiger partial charge in [-0.25, -0.2) is 0 Å². The first-order valence-corrected chi connectivity index (χ1v) is 5.02. The summed E-state index contributed by atoms with van der Waals surface area (Å²) in [7, 11) is 0. The monoisotopic (exact) mass is 195 g/mol. The molecule has 0 nitrogen and oxygen atoms in total. The third-order valence-corrected chi connectivity index (χ3v) is 3.21. The van der Waals surface area contributed by atoms with Gasteiger partial charge in [0.1, 0.15) is 0 Å². The molecule has 1 aromatic carbocycles. The number of benzene rings is 1. The fraction of sp³-hybridized carbons (Fsp3) is 0.100. The normalized spacial score (nSPS) is 10.8. The molecule has 2 heteroatoms. The topological polar surface area (TPSA) is 0 Å². The number of rotatable bonds is 1. The van der Waals surface area contributed by atoms with Gasteiger partial charge in [0.05, 0.1) is 0 Å². The lowest BCUT2D eigenvalue weighted by atomic mass is 10.1. The largest absolute Gasteiger partial charge is 0.143 e. The Morgan fingerprint density at radius 1 is 1.42 bits per heavy atom. The van der Waals surface area contributed by atoms with E-state index in [1.165, 1.54) is 15.6 Å². The number of halogens is 1. The molecule has 0 aliphatic carbocycles. The molecule has 2 aromatic rings. The first kappa shape index (κ1) is 8.09. The van der Waals surface area contributed by atoms with Crippen molar-refractivity contribution >= 4 is 33.0 Å². The first-order valence-electron chi connectivity index (χ1n) is 3.77. The van der Waals surface area contributed by atoms with Crippen molar-refractivity contribution < 1.29 is 0 Å². The Morgan fingerprint density at radius 3 is 3.00 bits per heavy atom. The van der Waals surface area contributed by atoms with Gasteiger partial charge in [-0.15, -0.1) is 11.3 Å². The molecule has 0 aliphatic heterocycles. The summed E-state index contributed by atoms with van der Waals surface area (Å²) in [6.07, 6.45) is 0.809. The SMILES string of the molecule is [CH2]Cc1csc2cccc(Cl)c12. The van der Waals surface area contributed by atoms with Crippen molar-refractivity contribution in [2.45, 2.75) is 6.42 Å². The molecule has 0 aliphatic rings. The van der Waals surface area contributed by atoms with Crippen molar-refractivity contribution in [3.05, 3.63) is 41.1 Å². The molecule has 61 valence electrons. The highest BCUT2D eigenvalue weighted by Gasteiger charge is 2.04. The third kappa shape index (κ3) is 1.13. The highest BCUT2D eigenvalue weighted by atomic mass is 35.5. The predicted octanol–water partition coefficient (Wildman–Crippen LogP) is 3.93. The molecule has 1 heterocycles. The Labute approximate surface area is 80.8 Å². The van der Waals surface area contributed by atoms with Crippen LogP contribution in [0.4, 0.5) is 0 Å². The molecule has 0 N–H and O–H groups in total. The van der Waals surface area contributed by atoms with Crippen LogP contribution in [0.3, 0.4) is 0 Å². The van der Waals surface area contributed by atoms with Crippen molar-refractivity contribution in [2.24, 2.45) is 0 Å². The molecule has 12 heavy (non-hydrogen) atoms. The summed E-state index contributed by atoms with van der Waals surface area (Å²) in [5.74, 6) is 0. The maximum atomic E-state index is 6.06. The summed E-state index contributed by atoms with van der Waals surface area (Å²) >= 11 is 7.79. The van der Waals surface area contributed by atoms with E-state index in [1.54, 1.807) is 11.3 Å². The Bertz CT molecular complexity index is 403. The van der Waals surface area contributed by atoms with Gasteiger partial charge >= 0.3 is 0 Å². The van der Waals surface area contributed by atoms with Gasteiger partial charge < -0.3 is 0 Å². The Hall–Kier alpha value is -0.530. The van der Waals surface area contributed by atoms with Crippen molar-refractivity contribution in [1.82, 2.24) is 0 Å². The standard InChI is InChI=1S/C10H8ClS/c1-2-7-6-12-9-5-3-4-8(11)10(7)9/h3-6H,1-2H2. The Kier molecular flexibility index (Phi) is 2.07. The van der Waals surface area contributed by atoms with Crippen LogP contribution < -0.4 is 0 Å². The zero-order valence-electron chi connectivity index (χ0n) is 6.51. The summed E-state index contributed by atoms with van der Waals surface area (Å²) in [5, 5.41) is 4.15. The molecule has 0 spiro atoms. The van der Waals surface area contributed by atoms with E-state index >= 15 is 0 Å². The quantitative estimate of drug-likeness (QED) is 0.647. The molecule has 0 fully saturated rings. The summed E-state index contributed by atoms with van der Waals surface area (Å²) in [6, 6.07) is 5.99. The average Bonchev–Trinajstić information content (AvgIpc) is 2.49. The van der Waals surface area contributed by atoms with Crippen LogP contribution in [0.5, 0.6) is 0 Å². The maximum absolute atomic E-state index is 6.06. The van der Waals surface area contributed by atoms with Crippen LogP contribution in [0.2, 0.25) is 5.02 Å². The van der Waals surface area contributed by atoms with Crippen molar-refractivity contribution in [3.63, 3.8) is 0 Å². The minimum Gasteiger partial charge on any atom is -0.143 e. The van der Waals surface area contributed by atoms with Crippen LogP contribution in [0, 0.1) is 6.92 Å². The summed E-state index contributed by atoms with van der Waals surface area (Å²) < 4.78 is 1.25. The van der Waals surface area contributed by atoms with E-state index in [9.17, 15) is 0 Å². The van der Waals surface area contributed by atoms with Crippen LogP contribution in [-0.2, 0) is 6.42 Å². The van der Waals surface area contributed by atoms with E-state index in [0.717, 1.165) is 11.4 Å². The average molecular weight is 196 g/mol. The smallest absolute Gasteiger partial charge is 0.0495 e. The molecular weight excluding hydrogens is 188 g/mol. The van der Waals surface area contributed by atoms with Crippen LogP contribution in [-0.4, -0.2) is 0 Å². The van der Waals surface area contributed by atoms with Gasteiger partial charge in [0.25, 0.3) is 0 Å². The summed E-state index contributed by atoms with van der Waals surface area (Å²) in [6.45, 7) is 3.87. The lowest BCUT2D eigenvalue weighted by molar-refractivity contribution is 1.33. The minimum absolute atomic E-state index is 0.809. The van der Waals surface area contributed by atoms with E-state index < -0.39 is 0 Å². The fourth-order valence-electron chi connectivity index (χ4n) is 1.29. The van der Waals surface area contributed by atoms with Crippen LogP contribution >= 0.6 is 22.9 Å². The molecule has 0 bridgehead atoms. The number of hydrogen-bond donors (Lipinski definition) is 0. The molecule has 1 aromatic heterocycles. The molecule has 0 unspecified atom stereocenters. The fourth-order valence-corrected chi connectivity index (χ4v) is 2.66. The molecule has 1 radical (unpaired) electrons. The second-order valence-electron chi connectivity index (χ2n) is 2.62. The molecule has 0 saturated carbocycles. The second-order valence-corrected chi connectivity index (χ2v) is 3.94. The van der Waals surface area contributed by atoms with Gasteiger partial charge in [-0.1, -0.05) is 17.7 Å². The zero-order chi connectivity index (χ0) is 8.55. The molecule has 2 rings (SSSR count). The highest BCUT2D eigenvalue weighted by molar-refractivity contribution is 7.17. The van der Waals surface area contributed by atoms with Gasteiger partial charge in [-0.3, -0.25) is 0 Å². The second kappa shape index (κ2) is 3.08. The van der Waals surface area contributed by atoms with E-state index in [-0.39, 0.29) is 0 Å². The van der Waals surface area contributed by atoms with Gasteiger partial charge in [-0.05, 0) is 36.4 Å². The first-order chi connectivity index (χ1) is 5.83. The predicted molar refractivity (Wildman–Crippen MR) is 55.9 cm³/mol. The van der Waals surface area contributed by atoms with Crippen LogP contribution in [0.15, 0.2) is 23.6 Å². The lowest BCUT2D eigenvalue weighted by Gasteiger charge is -1.95. The van der Waals surface area contributed by atoms with E-state index in [2.05, 4.69) is 18.4 Å². The van der Waals surface area contributed by atoms with Crippen LogP contribution in [0.25, 0.3) is 10.1 Å². The number of fused-ring (bicyclic) bond motifs is 1. The molecule has 0 amide bonds. The third-order valence-electron chi connectivity index (χ3n) is 1.89. The summed E-state index contributed by atoms with van der Waals surface area (Å²) in [4.78, 5) is 0. The molecule has 0 saturated heterocycles. The summed E-state index contributed by atoms with van der Waals surface area (Å²) in [5.41, 5.74) is 1.25. The van der Waals surface area contributed by atoms with E-state index in [1.807, 2.05) is 12.1 Å². The number of thiophene rings is 1. The Morgan fingerprint density at radius 2 is 2.25 bits per heavy atom. The highest BCUT2D eigenvalue weighted by Crippen LogP contribution is 2.31. The number of hydrogen-bond acceptors (Lipinski definition) is 1. The Balaban J connectivity index is 2.83. The maximum Gasteiger partial charge on any atom is 0.0495 e. The van der Waals surface area contributed by atoms with E-state index in [0.29, 0.717) is 0 Å². The minimum atomic E-state index is 0.809. The van der Waals surface area contributed by atoms with Gasteiger partial charge in [-0.2, -0.15) is 0 Å². The van der Waals surface area contributed by atoms with Gasteiger partial charge in [0, 0.05) is 15.1 Å². The van der Waals surface area contributed by atoms with Crippen LogP contribution in [0.1, 0.15) is 5.56 Å². The zero-order valence-corrected chi connectivity index (χ0v) is 8.08. The van der Waals surface area contributed by atoms with Crippen molar-refractivity contribution in [2.75, 3.05) is 0 Å². The van der Waals surface area contributed by atoms with Crippen molar-refractivity contribution in [3.8, 4) is 0 Å². The molecule has 0 atom stereocenters. The molecular formula is C10H8ClS. The van der Waals surface area contributed by atoms with E-state index in [4.69, 9.17) is 11.6 Å². The van der Waals surface area contributed by atoms with Crippen molar-refractivity contribution in [1.29, 1.82) is 0 Å². The van der Waals surface area contributed by atoms with Gasteiger partial charge in [0.15, 0.2) is 0 Å². The lowest BCUT2D eigenvalue weighted by Crippen LogP contribution is -1.76. The van der Waals surface area contributed by atoms with Gasteiger partial charge in [0.2, 0.25) is 0 Å².